The normalized spacial score (nSPS) is 14.9. The van der Waals surface area contributed by atoms with Crippen molar-refractivity contribution < 1.29 is 27.8 Å². The van der Waals surface area contributed by atoms with Gasteiger partial charge in [0.05, 0.1) is 42.2 Å². The number of ether oxygens (including phenoxy) is 1. The number of aliphatic hydroxyl groups excluding tert-OH is 1. The quantitative estimate of drug-likeness (QED) is 0.0821. The fraction of sp³-hybridized carbons (Fsp3) is 0.485. The van der Waals surface area contributed by atoms with Gasteiger partial charge in [-0.2, -0.15) is 13.2 Å². The maximum Gasteiger partial charge on any atom is 0.447 e. The summed E-state index contributed by atoms with van der Waals surface area (Å²) < 4.78 is 48.1. The van der Waals surface area contributed by atoms with E-state index in [1.54, 1.807) is 47.9 Å². The van der Waals surface area contributed by atoms with Gasteiger partial charge in [0.1, 0.15) is 10.8 Å². The summed E-state index contributed by atoms with van der Waals surface area (Å²) in [5.74, 6) is 6.50. The molecule has 8 nitrogen and oxygen atoms in total. The van der Waals surface area contributed by atoms with Gasteiger partial charge in [-0.3, -0.25) is 4.79 Å². The van der Waals surface area contributed by atoms with Crippen molar-refractivity contribution in [3.8, 4) is 17.6 Å². The molecular weight excluding hydrogens is 603 g/mol. The first-order valence-corrected chi connectivity index (χ1v) is 16.1. The van der Waals surface area contributed by atoms with Crippen molar-refractivity contribution in [3.63, 3.8) is 0 Å². The third-order valence-electron chi connectivity index (χ3n) is 7.84. The first-order valence-electron chi connectivity index (χ1n) is 15.3. The molecule has 0 spiro atoms. The minimum atomic E-state index is -4.48. The number of pyridine rings is 1. The van der Waals surface area contributed by atoms with Crippen molar-refractivity contribution in [2.75, 3.05) is 44.4 Å². The number of aliphatic hydroxyl groups is 1. The Morgan fingerprint density at radius 2 is 1.98 bits per heavy atom. The Morgan fingerprint density at radius 3 is 2.67 bits per heavy atom. The molecule has 244 valence electrons. The number of hydrogen-bond acceptors (Lipinski definition) is 7. The maximum absolute atomic E-state index is 13.7. The lowest BCUT2D eigenvalue weighted by atomic mass is 9.93. The monoisotopic (exact) mass is 645 g/mol. The van der Waals surface area contributed by atoms with Crippen molar-refractivity contribution in [1.29, 1.82) is 0 Å². The Labute approximate surface area is 266 Å². The summed E-state index contributed by atoms with van der Waals surface area (Å²) in [4.78, 5) is 12.3. The SMILES string of the molecule is CNCCC[C@@H](Nc1cccn2c(SC(F)(F)F)c(C#CCNc3ccc(C(=O)NC[C@@H](C)O)cc3OC)cc12)C1CCCC1. The lowest BCUT2D eigenvalue weighted by Gasteiger charge is -2.26. The van der Waals surface area contributed by atoms with Crippen LogP contribution in [0.15, 0.2) is 47.6 Å². The highest BCUT2D eigenvalue weighted by Crippen LogP contribution is 2.41. The van der Waals surface area contributed by atoms with Gasteiger partial charge in [0.15, 0.2) is 0 Å². The van der Waals surface area contributed by atoms with Crippen molar-refractivity contribution in [2.24, 2.45) is 5.92 Å². The molecule has 1 aliphatic carbocycles. The second-order valence-corrected chi connectivity index (χ2v) is 12.3. The molecule has 0 bridgehead atoms. The van der Waals surface area contributed by atoms with Gasteiger partial charge in [-0.05, 0) is 88.5 Å². The molecule has 5 N–H and O–H groups in total. The minimum Gasteiger partial charge on any atom is -0.495 e. The van der Waals surface area contributed by atoms with Crippen LogP contribution in [0.5, 0.6) is 5.75 Å². The van der Waals surface area contributed by atoms with Crippen LogP contribution in [0.2, 0.25) is 0 Å². The zero-order valence-electron chi connectivity index (χ0n) is 25.9. The Balaban J connectivity index is 1.56. The van der Waals surface area contributed by atoms with Crippen LogP contribution in [0, 0.1) is 17.8 Å². The minimum absolute atomic E-state index is 0.0198. The van der Waals surface area contributed by atoms with Gasteiger partial charge in [0.25, 0.3) is 5.91 Å². The van der Waals surface area contributed by atoms with Gasteiger partial charge in [-0.25, -0.2) is 0 Å². The van der Waals surface area contributed by atoms with Crippen LogP contribution in [-0.4, -0.2) is 66.9 Å². The third kappa shape index (κ3) is 9.73. The lowest BCUT2D eigenvalue weighted by molar-refractivity contribution is -0.0329. The number of rotatable bonds is 14. The molecule has 2 atom stereocenters. The fourth-order valence-electron chi connectivity index (χ4n) is 5.68. The molecule has 0 saturated heterocycles. The van der Waals surface area contributed by atoms with E-state index in [2.05, 4.69) is 33.1 Å². The molecule has 0 unspecified atom stereocenters. The van der Waals surface area contributed by atoms with E-state index in [0.717, 1.165) is 37.9 Å². The second kappa shape index (κ2) is 16.2. The molecular formula is C33H42F3N5O3S. The smallest absolute Gasteiger partial charge is 0.447 e. The lowest BCUT2D eigenvalue weighted by Crippen LogP contribution is -2.30. The zero-order valence-corrected chi connectivity index (χ0v) is 26.7. The number of benzene rings is 1. The molecule has 2 aromatic heterocycles. The van der Waals surface area contributed by atoms with Crippen LogP contribution in [-0.2, 0) is 0 Å². The number of amides is 1. The van der Waals surface area contributed by atoms with E-state index in [1.165, 1.54) is 20.0 Å². The molecule has 1 saturated carbocycles. The second-order valence-electron chi connectivity index (χ2n) is 11.3. The van der Waals surface area contributed by atoms with E-state index >= 15 is 0 Å². The van der Waals surface area contributed by atoms with E-state index in [-0.39, 0.29) is 47.4 Å². The Bertz CT molecular complexity index is 1490. The van der Waals surface area contributed by atoms with Crippen LogP contribution in [0.4, 0.5) is 24.5 Å². The van der Waals surface area contributed by atoms with Crippen molar-refractivity contribution >= 4 is 34.6 Å². The first kappa shape index (κ1) is 34.3. The summed E-state index contributed by atoms with van der Waals surface area (Å²) in [7, 11) is 3.41. The molecule has 1 aliphatic rings. The van der Waals surface area contributed by atoms with Gasteiger partial charge in [0.2, 0.25) is 0 Å². The number of halogens is 3. The first-order chi connectivity index (χ1) is 21.6. The molecule has 12 heteroatoms. The molecule has 0 radical (unpaired) electrons. The van der Waals surface area contributed by atoms with Crippen molar-refractivity contribution in [1.82, 2.24) is 15.0 Å². The Morgan fingerprint density at radius 1 is 1.20 bits per heavy atom. The number of anilines is 2. The van der Waals surface area contributed by atoms with E-state index in [1.807, 2.05) is 13.1 Å². The molecule has 45 heavy (non-hydrogen) atoms. The van der Waals surface area contributed by atoms with E-state index in [4.69, 9.17) is 4.74 Å². The fourth-order valence-corrected chi connectivity index (χ4v) is 6.38. The number of carbonyl (C=O) groups excluding carboxylic acids is 1. The Hall–Kier alpha value is -3.53. The summed E-state index contributed by atoms with van der Waals surface area (Å²) >= 11 is -0.166. The molecule has 4 rings (SSSR count). The molecule has 1 fully saturated rings. The van der Waals surface area contributed by atoms with E-state index in [9.17, 15) is 23.1 Å². The highest BCUT2D eigenvalue weighted by atomic mass is 32.2. The Kier molecular flexibility index (Phi) is 12.3. The van der Waals surface area contributed by atoms with E-state index in [0.29, 0.717) is 28.4 Å². The number of methoxy groups -OCH3 is 1. The van der Waals surface area contributed by atoms with Crippen LogP contribution in [0.25, 0.3) is 5.52 Å². The van der Waals surface area contributed by atoms with Gasteiger partial charge >= 0.3 is 5.51 Å². The number of thioether (sulfide) groups is 1. The van der Waals surface area contributed by atoms with Gasteiger partial charge in [0, 0.05) is 36.1 Å². The number of aromatic nitrogens is 1. The maximum atomic E-state index is 13.7. The van der Waals surface area contributed by atoms with Crippen molar-refractivity contribution in [2.45, 2.75) is 68.1 Å². The van der Waals surface area contributed by atoms with Crippen LogP contribution in [0.3, 0.4) is 0 Å². The summed E-state index contributed by atoms with van der Waals surface area (Å²) in [5, 5.41) is 22.1. The summed E-state index contributed by atoms with van der Waals surface area (Å²) in [6.45, 7) is 2.74. The van der Waals surface area contributed by atoms with Gasteiger partial charge in [-0.1, -0.05) is 24.7 Å². The van der Waals surface area contributed by atoms with Crippen molar-refractivity contribution in [3.05, 3.63) is 53.7 Å². The molecule has 0 aliphatic heterocycles. The summed E-state index contributed by atoms with van der Waals surface area (Å²) in [6.07, 6.45) is 7.69. The number of alkyl halides is 3. The zero-order chi connectivity index (χ0) is 32.4. The van der Waals surface area contributed by atoms with Crippen LogP contribution < -0.4 is 26.0 Å². The standard InChI is InChI=1S/C33H42F3N5O3S/c1-22(42)21-39-31(43)24-14-15-28(30(20-24)44-3)38-17-6-11-25-19-29-27(13-8-18-41(29)32(25)45-33(34,35)36)40-26(12-7-16-37-2)23-9-4-5-10-23/h8,13-15,18-20,22-23,26,37-38,40,42H,4-5,7,9-10,12,16-17,21H2,1-3H3,(H,39,43)/t22-,26-/m1/s1. The average molecular weight is 646 g/mol. The molecule has 3 aromatic rings. The molecule has 1 aromatic carbocycles. The summed E-state index contributed by atoms with van der Waals surface area (Å²) in [5.41, 5.74) is -1.80. The highest BCUT2D eigenvalue weighted by molar-refractivity contribution is 8.00. The molecule has 2 heterocycles. The van der Waals surface area contributed by atoms with E-state index < -0.39 is 11.6 Å². The largest absolute Gasteiger partial charge is 0.495 e. The average Bonchev–Trinajstić information content (AvgIpc) is 3.66. The topological polar surface area (TPSA) is 99.1 Å². The number of hydrogen-bond donors (Lipinski definition) is 5. The number of nitrogens with one attached hydrogen (secondary N) is 4. The van der Waals surface area contributed by atoms with Crippen LogP contribution in [0.1, 0.15) is 61.4 Å². The number of nitrogens with zero attached hydrogens (tertiary/aromatic N) is 1. The molecule has 1 amide bonds. The van der Waals surface area contributed by atoms with Gasteiger partial charge in [-0.15, -0.1) is 0 Å². The summed E-state index contributed by atoms with van der Waals surface area (Å²) in [6, 6.07) is 10.5. The number of fused-ring (bicyclic) bond motifs is 1. The third-order valence-corrected chi connectivity index (χ3v) is 8.68. The predicted octanol–water partition coefficient (Wildman–Crippen LogP) is 6.10. The highest BCUT2D eigenvalue weighted by Gasteiger charge is 2.33. The van der Waals surface area contributed by atoms with Crippen LogP contribution >= 0.6 is 11.8 Å². The number of carbonyl (C=O) groups is 1. The van der Waals surface area contributed by atoms with Gasteiger partial charge < -0.3 is 35.5 Å². The predicted molar refractivity (Wildman–Crippen MR) is 174 cm³/mol.